The molecule has 0 aromatic heterocycles. The van der Waals surface area contributed by atoms with Crippen molar-refractivity contribution in [3.05, 3.63) is 37.0 Å². The molecular weight excluding hydrogens is 229 g/mol. The van der Waals surface area contributed by atoms with Crippen molar-refractivity contribution in [1.82, 2.24) is 5.32 Å². The van der Waals surface area contributed by atoms with E-state index in [9.17, 15) is 13.2 Å². The Kier molecular flexibility index (Phi) is 6.99. The second kappa shape index (κ2) is 7.69. The summed E-state index contributed by atoms with van der Waals surface area (Å²) in [6, 6.07) is 0.983. The van der Waals surface area contributed by atoms with Crippen LogP contribution < -0.4 is 5.32 Å². The van der Waals surface area contributed by atoms with Gasteiger partial charge in [-0.15, -0.1) is 0 Å². The molecule has 0 aliphatic heterocycles. The Morgan fingerprint density at radius 2 is 2.06 bits per heavy atom. The Bertz CT molecular complexity index is 324. The predicted octanol–water partition coefficient (Wildman–Crippen LogP) is 3.11. The van der Waals surface area contributed by atoms with Crippen LogP contribution in [0.1, 0.15) is 12.8 Å². The van der Waals surface area contributed by atoms with Gasteiger partial charge >= 0.3 is 6.18 Å². The second-order valence-electron chi connectivity index (χ2n) is 3.40. The minimum absolute atomic E-state index is 0.251. The molecule has 0 spiro atoms. The molecule has 2 nitrogen and oxygen atoms in total. The number of halogens is 3. The largest absolute Gasteiger partial charge is 0.389 e. The summed E-state index contributed by atoms with van der Waals surface area (Å²) in [6.07, 6.45) is -0.652. The first-order chi connectivity index (χ1) is 7.92. The third kappa shape index (κ3) is 8.29. The van der Waals surface area contributed by atoms with Crippen LogP contribution in [-0.2, 0) is 0 Å². The lowest BCUT2D eigenvalue weighted by atomic mass is 10.1. The van der Waals surface area contributed by atoms with Crippen LogP contribution in [0.5, 0.6) is 0 Å². The number of allylic oxidation sites excluding steroid dienone is 2. The van der Waals surface area contributed by atoms with Crippen molar-refractivity contribution < 1.29 is 13.2 Å². The van der Waals surface area contributed by atoms with Crippen LogP contribution in [0.15, 0.2) is 37.0 Å². The van der Waals surface area contributed by atoms with Gasteiger partial charge in [0.2, 0.25) is 0 Å². The highest BCUT2D eigenvalue weighted by Crippen LogP contribution is 2.22. The molecule has 0 aliphatic rings. The summed E-state index contributed by atoms with van der Waals surface area (Å²) in [6.45, 7) is 7.35. The summed E-state index contributed by atoms with van der Waals surface area (Å²) in [5.74, 6) is 0. The summed E-state index contributed by atoms with van der Waals surface area (Å²) in [5.41, 5.74) is 0.771. The minimum Gasteiger partial charge on any atom is -0.298 e. The maximum Gasteiger partial charge on any atom is 0.389 e. The van der Waals surface area contributed by atoms with Crippen molar-refractivity contribution in [1.29, 1.82) is 5.26 Å². The topological polar surface area (TPSA) is 35.8 Å². The lowest BCUT2D eigenvalue weighted by Gasteiger charge is -2.13. The number of nitrogens with one attached hydrogen (secondary N) is 1. The summed E-state index contributed by atoms with van der Waals surface area (Å²) < 4.78 is 35.9. The maximum atomic E-state index is 12.0. The molecule has 1 atom stereocenters. The number of nitriles is 1. The van der Waals surface area contributed by atoms with Gasteiger partial charge in [-0.3, -0.25) is 5.32 Å². The van der Waals surface area contributed by atoms with Crippen LogP contribution in [0, 0.1) is 11.3 Å². The highest BCUT2D eigenvalue weighted by Gasteiger charge is 2.28. The Morgan fingerprint density at radius 3 is 2.47 bits per heavy atom. The fourth-order valence-corrected chi connectivity index (χ4v) is 1.11. The molecule has 0 aromatic rings. The number of hydrogen-bond donors (Lipinski definition) is 1. The summed E-state index contributed by atoms with van der Waals surface area (Å²) in [4.78, 5) is 0. The fourth-order valence-electron chi connectivity index (χ4n) is 1.11. The van der Waals surface area contributed by atoms with E-state index in [1.165, 1.54) is 0 Å². The summed E-state index contributed by atoms with van der Waals surface area (Å²) in [7, 11) is 0. The van der Waals surface area contributed by atoms with Gasteiger partial charge in [0.1, 0.15) is 0 Å². The third-order valence-corrected chi connectivity index (χ3v) is 2.02. The predicted molar refractivity (Wildman–Crippen MR) is 61.2 cm³/mol. The maximum absolute atomic E-state index is 12.0. The first-order valence-electron chi connectivity index (χ1n) is 5.06. The van der Waals surface area contributed by atoms with Gasteiger partial charge in [0, 0.05) is 13.0 Å². The Morgan fingerprint density at radius 1 is 1.41 bits per heavy atom. The molecule has 0 aliphatic carbocycles. The average molecular weight is 244 g/mol. The Labute approximate surface area is 99.1 Å². The monoisotopic (exact) mass is 244 g/mol. The molecule has 0 fully saturated rings. The molecule has 0 saturated heterocycles. The SMILES string of the molecule is C=C/C=C(\C=C)CNC(C#N)CCC(F)(F)F. The molecule has 0 heterocycles. The number of rotatable bonds is 7. The van der Waals surface area contributed by atoms with E-state index in [1.807, 2.05) is 0 Å². The van der Waals surface area contributed by atoms with Gasteiger partial charge in [-0.2, -0.15) is 18.4 Å². The first-order valence-corrected chi connectivity index (χ1v) is 5.06. The van der Waals surface area contributed by atoms with Gasteiger partial charge in [-0.05, 0) is 12.0 Å². The zero-order valence-electron chi connectivity index (χ0n) is 9.43. The standard InChI is InChI=1S/C12H15F3N2/c1-3-5-10(4-2)9-17-11(8-16)6-7-12(13,14)15/h3-5,11,17H,1-2,6-7,9H2/b10-5+. The Hall–Kier alpha value is -1.54. The molecule has 1 unspecified atom stereocenters. The van der Waals surface area contributed by atoms with E-state index < -0.39 is 18.6 Å². The van der Waals surface area contributed by atoms with E-state index in [-0.39, 0.29) is 6.42 Å². The van der Waals surface area contributed by atoms with E-state index in [0.717, 1.165) is 5.57 Å². The van der Waals surface area contributed by atoms with E-state index in [1.54, 1.807) is 24.3 Å². The quantitative estimate of drug-likeness (QED) is 0.698. The molecular formula is C12H15F3N2. The molecule has 0 saturated carbocycles. The molecule has 94 valence electrons. The highest BCUT2D eigenvalue weighted by atomic mass is 19.4. The van der Waals surface area contributed by atoms with Gasteiger partial charge < -0.3 is 0 Å². The molecule has 0 aromatic carbocycles. The number of hydrogen-bond acceptors (Lipinski definition) is 2. The molecule has 5 heteroatoms. The molecule has 0 bridgehead atoms. The van der Waals surface area contributed by atoms with Gasteiger partial charge in [0.25, 0.3) is 0 Å². The molecule has 0 amide bonds. The summed E-state index contributed by atoms with van der Waals surface area (Å²) in [5, 5.41) is 11.4. The number of alkyl halides is 3. The zero-order valence-corrected chi connectivity index (χ0v) is 9.43. The number of nitrogens with zero attached hydrogens (tertiary/aromatic N) is 1. The molecule has 0 rings (SSSR count). The van der Waals surface area contributed by atoms with Gasteiger partial charge in [0.15, 0.2) is 0 Å². The van der Waals surface area contributed by atoms with E-state index in [4.69, 9.17) is 5.26 Å². The van der Waals surface area contributed by atoms with Crippen molar-refractivity contribution in [2.45, 2.75) is 25.1 Å². The van der Waals surface area contributed by atoms with E-state index in [0.29, 0.717) is 6.54 Å². The van der Waals surface area contributed by atoms with Crippen molar-refractivity contribution in [2.75, 3.05) is 6.54 Å². The summed E-state index contributed by atoms with van der Waals surface area (Å²) >= 11 is 0. The van der Waals surface area contributed by atoms with E-state index >= 15 is 0 Å². The Balaban J connectivity index is 4.15. The van der Waals surface area contributed by atoms with Crippen molar-refractivity contribution in [2.24, 2.45) is 0 Å². The van der Waals surface area contributed by atoms with Gasteiger partial charge in [-0.1, -0.05) is 31.4 Å². The van der Waals surface area contributed by atoms with Crippen molar-refractivity contribution in [3.8, 4) is 6.07 Å². The van der Waals surface area contributed by atoms with Crippen LogP contribution in [0.2, 0.25) is 0 Å². The third-order valence-electron chi connectivity index (χ3n) is 2.02. The molecule has 0 radical (unpaired) electrons. The fraction of sp³-hybridized carbons (Fsp3) is 0.417. The van der Waals surface area contributed by atoms with Crippen molar-refractivity contribution >= 4 is 0 Å². The normalized spacial score (nSPS) is 13.9. The first kappa shape index (κ1) is 15.5. The second-order valence-corrected chi connectivity index (χ2v) is 3.40. The van der Waals surface area contributed by atoms with Gasteiger partial charge in [-0.25, -0.2) is 0 Å². The lowest BCUT2D eigenvalue weighted by Crippen LogP contribution is -2.30. The molecule has 17 heavy (non-hydrogen) atoms. The van der Waals surface area contributed by atoms with E-state index in [2.05, 4.69) is 18.5 Å². The average Bonchev–Trinajstić information content (AvgIpc) is 2.26. The van der Waals surface area contributed by atoms with Gasteiger partial charge in [0.05, 0.1) is 12.1 Å². The van der Waals surface area contributed by atoms with Crippen LogP contribution in [-0.4, -0.2) is 18.8 Å². The minimum atomic E-state index is -4.23. The van der Waals surface area contributed by atoms with Crippen molar-refractivity contribution in [3.63, 3.8) is 0 Å². The zero-order chi connectivity index (χ0) is 13.3. The van der Waals surface area contributed by atoms with Crippen LogP contribution in [0.3, 0.4) is 0 Å². The smallest absolute Gasteiger partial charge is 0.298 e. The lowest BCUT2D eigenvalue weighted by molar-refractivity contribution is -0.136. The van der Waals surface area contributed by atoms with Crippen LogP contribution in [0.4, 0.5) is 13.2 Å². The highest BCUT2D eigenvalue weighted by molar-refractivity contribution is 5.22. The molecule has 1 N–H and O–H groups in total. The van der Waals surface area contributed by atoms with Crippen LogP contribution >= 0.6 is 0 Å². The van der Waals surface area contributed by atoms with Crippen LogP contribution in [0.25, 0.3) is 0 Å².